The van der Waals surface area contributed by atoms with E-state index in [0.717, 1.165) is 11.1 Å². The summed E-state index contributed by atoms with van der Waals surface area (Å²) in [6, 6.07) is 16.9. The first-order valence-corrected chi connectivity index (χ1v) is 17.2. The fraction of sp³-hybridized carbons (Fsp3) is 0.444. The Kier molecular flexibility index (Phi) is 11.8. The summed E-state index contributed by atoms with van der Waals surface area (Å²) in [5.41, 5.74) is -0.488. The van der Waals surface area contributed by atoms with Gasteiger partial charge in [0.05, 0.1) is 43.2 Å². The summed E-state index contributed by atoms with van der Waals surface area (Å²) in [6.07, 6.45) is 0.263. The third-order valence-corrected chi connectivity index (χ3v) is 10.4. The summed E-state index contributed by atoms with van der Waals surface area (Å²) in [4.78, 5) is 23.7. The minimum absolute atomic E-state index is 0.0228. The fourth-order valence-corrected chi connectivity index (χ4v) is 7.54. The fourth-order valence-electron chi connectivity index (χ4n) is 6.37. The smallest absolute Gasteiger partial charge is 0.306 e. The van der Waals surface area contributed by atoms with Gasteiger partial charge in [-0.25, -0.2) is 4.18 Å². The van der Waals surface area contributed by atoms with E-state index in [2.05, 4.69) is 5.32 Å². The van der Waals surface area contributed by atoms with Crippen LogP contribution in [0.15, 0.2) is 65.6 Å². The number of carboxylic acid groups (broad SMARTS) is 2. The number of benzene rings is 3. The lowest BCUT2D eigenvalue weighted by Gasteiger charge is -2.41. The van der Waals surface area contributed by atoms with Crippen molar-refractivity contribution in [2.24, 2.45) is 0 Å². The van der Waals surface area contributed by atoms with Crippen LogP contribution in [-0.4, -0.2) is 76.8 Å². The summed E-state index contributed by atoms with van der Waals surface area (Å²) < 4.78 is 56.5. The second-order valence-corrected chi connectivity index (χ2v) is 14.3. The van der Waals surface area contributed by atoms with Gasteiger partial charge < -0.3 is 29.2 Å². The predicted molar refractivity (Wildman–Crippen MR) is 181 cm³/mol. The second-order valence-electron chi connectivity index (χ2n) is 12.8. The van der Waals surface area contributed by atoms with E-state index >= 15 is 0 Å². The molecule has 0 aliphatic carbocycles. The first-order chi connectivity index (χ1) is 23.1. The van der Waals surface area contributed by atoms with E-state index in [4.69, 9.17) is 23.1 Å². The Morgan fingerprint density at radius 2 is 1.39 bits per heavy atom. The molecule has 12 nitrogen and oxygen atoms in total. The highest BCUT2D eigenvalue weighted by atomic mass is 32.2. The molecule has 3 aromatic rings. The van der Waals surface area contributed by atoms with E-state index < -0.39 is 39.0 Å². The number of ether oxygens (including phenoxy) is 4. The number of carboxylic acids is 2. The molecular formula is C36H45NO11S. The van der Waals surface area contributed by atoms with Gasteiger partial charge in [0.1, 0.15) is 0 Å². The Hall–Kier alpha value is -4.01. The van der Waals surface area contributed by atoms with E-state index in [1.807, 2.05) is 12.1 Å². The molecule has 3 aromatic carbocycles. The van der Waals surface area contributed by atoms with Crippen molar-refractivity contribution in [3.8, 4) is 11.5 Å². The summed E-state index contributed by atoms with van der Waals surface area (Å²) in [5, 5.41) is 22.8. The van der Waals surface area contributed by atoms with Crippen molar-refractivity contribution < 1.29 is 51.4 Å². The molecule has 0 aromatic heterocycles. The van der Waals surface area contributed by atoms with Crippen molar-refractivity contribution >= 4 is 22.1 Å². The standard InChI is InChI=1S/C36H45NO11S/c1-34(46-5,22-32(38)39)20-26-17-25-14-15-37-36(48-49(42,43)28-10-8-7-9-11-28,19-24-12-13-30(44-3)31(16-24)45-4)29(25)18-27(26)21-35(2,47-6)23-33(40)41/h7-13,16-18,37H,14-15,19-23H2,1-6H3,(H,38,39)(H,40,41)/t34?,35?,36-/m0/s1. The Bertz CT molecular complexity index is 1760. The van der Waals surface area contributed by atoms with Crippen LogP contribution in [0, 0.1) is 0 Å². The number of rotatable bonds is 17. The number of fused-ring (bicyclic) bond motifs is 1. The lowest BCUT2D eigenvalue weighted by molar-refractivity contribution is -0.144. The highest BCUT2D eigenvalue weighted by Crippen LogP contribution is 2.41. The molecule has 3 N–H and O–H groups in total. The number of methoxy groups -OCH3 is 4. The molecule has 2 unspecified atom stereocenters. The van der Waals surface area contributed by atoms with E-state index in [9.17, 15) is 28.2 Å². The maximum Gasteiger partial charge on any atom is 0.306 e. The summed E-state index contributed by atoms with van der Waals surface area (Å²) in [6.45, 7) is 3.74. The van der Waals surface area contributed by atoms with Crippen molar-refractivity contribution in [3.05, 3.63) is 88.5 Å². The van der Waals surface area contributed by atoms with Crippen LogP contribution in [0.3, 0.4) is 0 Å². The lowest BCUT2D eigenvalue weighted by Crippen LogP contribution is -2.52. The Morgan fingerprint density at radius 3 is 1.92 bits per heavy atom. The van der Waals surface area contributed by atoms with Crippen molar-refractivity contribution in [2.45, 2.75) is 74.2 Å². The maximum absolute atomic E-state index is 13.9. The van der Waals surface area contributed by atoms with E-state index in [1.54, 1.807) is 50.2 Å². The quantitative estimate of drug-likeness (QED) is 0.169. The topological polar surface area (TPSA) is 167 Å². The largest absolute Gasteiger partial charge is 0.493 e. The molecule has 4 rings (SSSR count). The molecule has 266 valence electrons. The number of hydrogen-bond donors (Lipinski definition) is 3. The minimum atomic E-state index is -4.34. The second kappa shape index (κ2) is 15.3. The van der Waals surface area contributed by atoms with E-state index in [-0.39, 0.29) is 37.0 Å². The molecule has 1 heterocycles. The van der Waals surface area contributed by atoms with Crippen molar-refractivity contribution in [1.29, 1.82) is 0 Å². The van der Waals surface area contributed by atoms with Crippen LogP contribution in [0.4, 0.5) is 0 Å². The normalized spacial score (nSPS) is 18.5. The molecule has 0 radical (unpaired) electrons. The third-order valence-electron chi connectivity index (χ3n) is 9.02. The van der Waals surface area contributed by atoms with Crippen LogP contribution < -0.4 is 14.8 Å². The monoisotopic (exact) mass is 699 g/mol. The van der Waals surface area contributed by atoms with Gasteiger partial charge in [-0.05, 0) is 66.8 Å². The SMILES string of the molecule is COc1ccc(C[C@@]2(OS(=O)(=O)c3ccccc3)NCCc3cc(CC(C)(CC(=O)O)OC)c(CC(C)(CC(=O)O)OC)cc32)cc1OC. The molecule has 1 aliphatic rings. The molecule has 0 bridgehead atoms. The zero-order valence-corrected chi connectivity index (χ0v) is 29.5. The van der Waals surface area contributed by atoms with Gasteiger partial charge >= 0.3 is 11.9 Å². The van der Waals surface area contributed by atoms with Crippen LogP contribution in [0.1, 0.15) is 54.5 Å². The number of aliphatic carboxylic acids is 2. The van der Waals surface area contributed by atoms with Gasteiger partial charge in [-0.2, -0.15) is 8.42 Å². The van der Waals surface area contributed by atoms with Crippen molar-refractivity contribution in [3.63, 3.8) is 0 Å². The van der Waals surface area contributed by atoms with Gasteiger partial charge in [-0.1, -0.05) is 36.4 Å². The molecule has 49 heavy (non-hydrogen) atoms. The van der Waals surface area contributed by atoms with Crippen LogP contribution in [0.5, 0.6) is 11.5 Å². The molecule has 0 saturated heterocycles. The zero-order valence-electron chi connectivity index (χ0n) is 28.7. The summed E-state index contributed by atoms with van der Waals surface area (Å²) in [7, 11) is 1.58. The summed E-state index contributed by atoms with van der Waals surface area (Å²) in [5.74, 6) is -1.14. The van der Waals surface area contributed by atoms with E-state index in [1.165, 1.54) is 40.6 Å². The minimum Gasteiger partial charge on any atom is -0.493 e. The molecule has 1 aliphatic heterocycles. The lowest BCUT2D eigenvalue weighted by atomic mass is 9.79. The van der Waals surface area contributed by atoms with Crippen LogP contribution in [-0.2, 0) is 64.8 Å². The van der Waals surface area contributed by atoms with Crippen LogP contribution >= 0.6 is 0 Å². The average Bonchev–Trinajstić information content (AvgIpc) is 3.05. The van der Waals surface area contributed by atoms with Gasteiger partial charge in [0, 0.05) is 45.6 Å². The first kappa shape index (κ1) is 37.8. The third kappa shape index (κ3) is 8.97. The maximum atomic E-state index is 13.9. The number of carbonyl (C=O) groups is 2. The molecule has 0 amide bonds. The number of hydrogen-bond acceptors (Lipinski definition) is 10. The Labute approximate surface area is 287 Å². The Morgan fingerprint density at radius 1 is 0.816 bits per heavy atom. The number of nitrogens with one attached hydrogen (secondary N) is 1. The highest BCUT2D eigenvalue weighted by Gasteiger charge is 2.44. The van der Waals surface area contributed by atoms with Crippen LogP contribution in [0.2, 0.25) is 0 Å². The predicted octanol–water partition coefficient (Wildman–Crippen LogP) is 4.50. The van der Waals surface area contributed by atoms with E-state index in [0.29, 0.717) is 41.2 Å². The molecule has 0 saturated carbocycles. The zero-order chi connectivity index (χ0) is 36.0. The molecular weight excluding hydrogens is 654 g/mol. The van der Waals surface area contributed by atoms with Gasteiger partial charge in [-0.15, -0.1) is 0 Å². The Balaban J connectivity index is 1.97. The molecule has 0 spiro atoms. The molecule has 13 heteroatoms. The highest BCUT2D eigenvalue weighted by molar-refractivity contribution is 7.86. The van der Waals surface area contributed by atoms with Crippen molar-refractivity contribution in [2.75, 3.05) is 35.0 Å². The van der Waals surface area contributed by atoms with Gasteiger partial charge in [-0.3, -0.25) is 14.9 Å². The molecule has 0 fully saturated rings. The van der Waals surface area contributed by atoms with Gasteiger partial charge in [0.2, 0.25) is 0 Å². The van der Waals surface area contributed by atoms with Crippen molar-refractivity contribution in [1.82, 2.24) is 5.32 Å². The molecule has 3 atom stereocenters. The van der Waals surface area contributed by atoms with Gasteiger partial charge in [0.15, 0.2) is 17.2 Å². The van der Waals surface area contributed by atoms with Crippen LogP contribution in [0.25, 0.3) is 0 Å². The average molecular weight is 700 g/mol. The summed E-state index contributed by atoms with van der Waals surface area (Å²) >= 11 is 0. The first-order valence-electron chi connectivity index (χ1n) is 15.8. The van der Waals surface area contributed by atoms with Gasteiger partial charge in [0.25, 0.3) is 10.1 Å².